The fraction of sp³-hybridized carbons (Fsp3) is 0.324. The highest BCUT2D eigenvalue weighted by molar-refractivity contribution is 6.58. The molecule has 0 saturated carbocycles. The number of halogens is 1. The van der Waals surface area contributed by atoms with E-state index in [4.69, 9.17) is 21.3 Å². The van der Waals surface area contributed by atoms with E-state index in [1.165, 1.54) is 12.1 Å². The van der Waals surface area contributed by atoms with E-state index in [1.807, 2.05) is 60.9 Å². The van der Waals surface area contributed by atoms with E-state index in [1.54, 1.807) is 12.1 Å². The minimum Gasteiger partial charge on any atom is -0.494 e. The molecule has 1 aliphatic rings. The molecule has 0 bridgehead atoms. The molecule has 3 aromatic carbocycles. The number of hydrogen-bond acceptors (Lipinski definition) is 8. The van der Waals surface area contributed by atoms with Gasteiger partial charge < -0.3 is 25.4 Å². The number of carbonyl (C=O) groups is 2. The quantitative estimate of drug-likeness (QED) is 0.119. The maximum absolute atomic E-state index is 12.7. The number of amides is 2. The number of fused-ring (bicyclic) bond motifs is 3. The second-order valence-corrected chi connectivity index (χ2v) is 11.7. The normalized spacial score (nSPS) is 13.6. The monoisotopic (exact) mass is 656 g/mol. The molecule has 0 fully saturated rings. The molecule has 0 saturated heterocycles. The number of aryl methyl sites for hydroxylation is 1. The summed E-state index contributed by atoms with van der Waals surface area (Å²) in [6.45, 7) is 5.37. The molecule has 2 amide bonds. The van der Waals surface area contributed by atoms with E-state index in [0.29, 0.717) is 58.9 Å². The molecule has 0 radical (unpaired) electrons. The third-order valence-electron chi connectivity index (χ3n) is 7.86. The van der Waals surface area contributed by atoms with Crippen LogP contribution in [-0.2, 0) is 4.79 Å². The lowest BCUT2D eigenvalue weighted by Gasteiger charge is -2.15. The Kier molecular flexibility index (Phi) is 11.4. The van der Waals surface area contributed by atoms with E-state index >= 15 is 0 Å². The van der Waals surface area contributed by atoms with Gasteiger partial charge in [-0.1, -0.05) is 48.7 Å². The molecule has 244 valence electrons. The second-order valence-electron chi connectivity index (χ2n) is 11.3. The van der Waals surface area contributed by atoms with Crippen LogP contribution in [0.15, 0.2) is 71.7 Å². The van der Waals surface area contributed by atoms with Crippen LogP contribution >= 0.6 is 11.6 Å². The first-order valence-electron chi connectivity index (χ1n) is 15.8. The molecule has 47 heavy (non-hydrogen) atoms. The highest BCUT2D eigenvalue weighted by Crippen LogP contribution is 2.34. The van der Waals surface area contributed by atoms with Crippen molar-refractivity contribution in [3.8, 4) is 11.4 Å². The Balaban J connectivity index is 1.22. The number of aliphatic imine (C=N–C) groups is 1. The third kappa shape index (κ3) is 8.45. The van der Waals surface area contributed by atoms with Crippen LogP contribution < -0.4 is 20.8 Å². The van der Waals surface area contributed by atoms with Crippen LogP contribution in [0.1, 0.15) is 78.2 Å². The average Bonchev–Trinajstić information content (AvgIpc) is 3.39. The van der Waals surface area contributed by atoms with Crippen LogP contribution in [0.25, 0.3) is 5.69 Å². The van der Waals surface area contributed by atoms with Gasteiger partial charge in [-0.2, -0.15) is 0 Å². The first-order valence-corrected chi connectivity index (χ1v) is 16.2. The van der Waals surface area contributed by atoms with E-state index in [-0.39, 0.29) is 18.2 Å². The number of carbonyl (C=O) groups excluding carboxylic acids is 2. The lowest BCUT2D eigenvalue weighted by atomic mass is 9.80. The molecule has 11 nitrogen and oxygen atoms in total. The number of ether oxygens (including phenoxy) is 1. The van der Waals surface area contributed by atoms with Gasteiger partial charge in [-0.15, -0.1) is 10.2 Å². The van der Waals surface area contributed by atoms with Crippen molar-refractivity contribution in [1.29, 1.82) is 0 Å². The van der Waals surface area contributed by atoms with Gasteiger partial charge >= 0.3 is 7.12 Å². The van der Waals surface area contributed by atoms with Gasteiger partial charge in [0, 0.05) is 34.8 Å². The summed E-state index contributed by atoms with van der Waals surface area (Å²) >= 11 is 6.21. The maximum atomic E-state index is 12.7. The van der Waals surface area contributed by atoms with Crippen LogP contribution in [-0.4, -0.2) is 69.2 Å². The Morgan fingerprint density at radius 1 is 0.957 bits per heavy atom. The van der Waals surface area contributed by atoms with Gasteiger partial charge in [-0.05, 0) is 74.6 Å². The Morgan fingerprint density at radius 3 is 2.43 bits per heavy atom. The SMILES string of the molecule is CCNC(=O)C[C@@H]1N=C(c2ccc(Cl)cc2)c2cc(OCCCCCCNC(=O)c3ccc(B(O)O)cc3)ccc2-n2c(C)nnc21. The summed E-state index contributed by atoms with van der Waals surface area (Å²) < 4.78 is 8.14. The number of benzene rings is 3. The lowest BCUT2D eigenvalue weighted by Crippen LogP contribution is -2.30. The van der Waals surface area contributed by atoms with Crippen LogP contribution in [0, 0.1) is 6.92 Å². The van der Waals surface area contributed by atoms with Gasteiger partial charge in [0.2, 0.25) is 5.91 Å². The predicted molar refractivity (Wildman–Crippen MR) is 182 cm³/mol. The summed E-state index contributed by atoms with van der Waals surface area (Å²) in [6.07, 6.45) is 3.67. The lowest BCUT2D eigenvalue weighted by molar-refractivity contribution is -0.121. The molecule has 1 atom stereocenters. The number of nitrogens with zero attached hydrogens (tertiary/aromatic N) is 4. The van der Waals surface area contributed by atoms with Crippen molar-refractivity contribution in [3.63, 3.8) is 0 Å². The van der Waals surface area contributed by atoms with Crippen molar-refractivity contribution >= 4 is 41.7 Å². The number of unbranched alkanes of at least 4 members (excludes halogenated alkanes) is 3. The summed E-state index contributed by atoms with van der Waals surface area (Å²) in [5.74, 6) is 1.69. The highest BCUT2D eigenvalue weighted by Gasteiger charge is 2.30. The van der Waals surface area contributed by atoms with Crippen LogP contribution in [0.2, 0.25) is 5.02 Å². The largest absolute Gasteiger partial charge is 0.494 e. The van der Waals surface area contributed by atoms with Crippen molar-refractivity contribution in [3.05, 3.63) is 100 Å². The minimum atomic E-state index is -1.56. The Bertz CT molecular complexity index is 1730. The summed E-state index contributed by atoms with van der Waals surface area (Å²) in [7, 11) is -1.56. The molecule has 5 rings (SSSR count). The van der Waals surface area contributed by atoms with Crippen LogP contribution in [0.5, 0.6) is 5.75 Å². The van der Waals surface area contributed by atoms with Crippen molar-refractivity contribution in [2.24, 2.45) is 4.99 Å². The molecule has 1 aromatic heterocycles. The molecule has 0 aliphatic carbocycles. The fourth-order valence-corrected chi connectivity index (χ4v) is 5.59. The number of aromatic nitrogens is 3. The van der Waals surface area contributed by atoms with Crippen molar-refractivity contribution in [1.82, 2.24) is 25.4 Å². The number of nitrogens with one attached hydrogen (secondary N) is 2. The Labute approximate surface area is 279 Å². The van der Waals surface area contributed by atoms with Crippen LogP contribution in [0.3, 0.4) is 0 Å². The number of rotatable bonds is 14. The average molecular weight is 657 g/mol. The zero-order valence-corrected chi connectivity index (χ0v) is 27.2. The van der Waals surface area contributed by atoms with E-state index in [0.717, 1.165) is 42.5 Å². The molecular formula is C34H38BClN6O5. The van der Waals surface area contributed by atoms with Crippen molar-refractivity contribution in [2.75, 3.05) is 19.7 Å². The fourth-order valence-electron chi connectivity index (χ4n) is 5.47. The summed E-state index contributed by atoms with van der Waals surface area (Å²) in [5, 5.41) is 33.5. The van der Waals surface area contributed by atoms with Gasteiger partial charge in [0.15, 0.2) is 5.82 Å². The minimum absolute atomic E-state index is 0.115. The number of hydrogen-bond donors (Lipinski definition) is 4. The third-order valence-corrected chi connectivity index (χ3v) is 8.12. The smallest absolute Gasteiger partial charge is 0.488 e. The first kappa shape index (κ1) is 33.8. The van der Waals surface area contributed by atoms with E-state index < -0.39 is 13.2 Å². The summed E-state index contributed by atoms with van der Waals surface area (Å²) in [5.41, 5.74) is 4.08. The Hall–Kier alpha value is -4.52. The van der Waals surface area contributed by atoms with Crippen molar-refractivity contribution in [2.45, 2.75) is 52.0 Å². The maximum Gasteiger partial charge on any atom is 0.488 e. The van der Waals surface area contributed by atoms with E-state index in [2.05, 4.69) is 20.8 Å². The van der Waals surface area contributed by atoms with Gasteiger partial charge in [-0.25, -0.2) is 0 Å². The molecular weight excluding hydrogens is 619 g/mol. The molecule has 4 aromatic rings. The molecule has 2 heterocycles. The van der Waals surface area contributed by atoms with Gasteiger partial charge in [-0.3, -0.25) is 19.1 Å². The molecule has 0 unspecified atom stereocenters. The van der Waals surface area contributed by atoms with E-state index in [9.17, 15) is 19.6 Å². The molecule has 4 N–H and O–H groups in total. The summed E-state index contributed by atoms with van der Waals surface area (Å²) in [6, 6.07) is 19.0. The molecule has 0 spiro atoms. The predicted octanol–water partition coefficient (Wildman–Crippen LogP) is 3.70. The zero-order chi connectivity index (χ0) is 33.3. The molecule has 1 aliphatic heterocycles. The second kappa shape index (κ2) is 15.9. The van der Waals surface area contributed by atoms with Crippen molar-refractivity contribution < 1.29 is 24.4 Å². The molecule has 13 heteroatoms. The summed E-state index contributed by atoms with van der Waals surface area (Å²) in [4.78, 5) is 30.1. The topological polar surface area (TPSA) is 151 Å². The van der Waals surface area contributed by atoms with Gasteiger partial charge in [0.05, 0.1) is 24.4 Å². The standard InChI is InChI=1S/C34H38BClN6O5/c1-3-37-31(43)21-29-33-41-40-22(2)42(33)30-17-16-27(20-28(30)32(39-29)23-10-14-26(36)15-11-23)47-19-7-5-4-6-18-38-34(44)24-8-12-25(13-9-24)35(45)46/h8-17,20,29,45-46H,3-7,18-19,21H2,1-2H3,(H,37,43)(H,38,44)/t29-/m0/s1. The Morgan fingerprint density at radius 2 is 1.70 bits per heavy atom. The van der Waals surface area contributed by atoms with Gasteiger partial charge in [0.25, 0.3) is 5.91 Å². The van der Waals surface area contributed by atoms with Gasteiger partial charge in [0.1, 0.15) is 17.6 Å². The van der Waals surface area contributed by atoms with Crippen LogP contribution in [0.4, 0.5) is 0 Å². The highest BCUT2D eigenvalue weighted by atomic mass is 35.5. The zero-order valence-electron chi connectivity index (χ0n) is 26.4. The first-order chi connectivity index (χ1) is 22.7.